The first-order chi connectivity index (χ1) is 20.1. The molecular formula is C34H26Li2O6P2. The van der Waals surface area contributed by atoms with E-state index >= 15 is 0 Å². The van der Waals surface area contributed by atoms with Gasteiger partial charge < -0.3 is 18.8 Å². The van der Waals surface area contributed by atoms with Crippen LogP contribution in [0, 0.1) is 0 Å². The molecule has 0 fully saturated rings. The molecule has 0 saturated carbocycles. The summed E-state index contributed by atoms with van der Waals surface area (Å²) < 4.78 is 37.7. The molecule has 5 aromatic rings. The average molecular weight is 606 g/mol. The Morgan fingerprint density at radius 2 is 0.795 bits per heavy atom. The van der Waals surface area contributed by atoms with Crippen LogP contribution in [0.4, 0.5) is 0 Å². The van der Waals surface area contributed by atoms with Crippen LogP contribution in [0.5, 0.6) is 11.5 Å². The molecule has 6 atom stereocenters. The predicted octanol–water partition coefficient (Wildman–Crippen LogP) is 1.09. The molecule has 10 heteroatoms. The van der Waals surface area contributed by atoms with Crippen molar-refractivity contribution in [3.8, 4) is 11.5 Å². The van der Waals surface area contributed by atoms with Gasteiger partial charge in [-0.2, -0.15) is 0 Å². The monoisotopic (exact) mass is 606 g/mol. The molecule has 0 saturated heterocycles. The number of fused-ring (bicyclic) bond motifs is 18. The Hall–Kier alpha value is -2.21. The van der Waals surface area contributed by atoms with Crippen LogP contribution in [-0.4, -0.2) is 13.3 Å². The van der Waals surface area contributed by atoms with Gasteiger partial charge >= 0.3 is 37.7 Å². The van der Waals surface area contributed by atoms with E-state index in [2.05, 4.69) is 48.5 Å². The quantitative estimate of drug-likeness (QED) is 0.225. The molecule has 0 N–H and O–H groups in total. The molecule has 4 aliphatic rings. The smallest absolute Gasteiger partial charge is 0.769 e. The first kappa shape index (κ1) is 30.4. The third-order valence-electron chi connectivity index (χ3n) is 9.81. The van der Waals surface area contributed by atoms with Crippen LogP contribution in [0.15, 0.2) is 72.8 Å². The molecule has 0 spiro atoms. The molecule has 210 valence electrons. The second-order valence-electron chi connectivity index (χ2n) is 12.4. The van der Waals surface area contributed by atoms with E-state index < -0.39 is 15.2 Å². The zero-order valence-corrected chi connectivity index (χ0v) is 26.8. The van der Waals surface area contributed by atoms with Crippen molar-refractivity contribution >= 4 is 36.7 Å². The van der Waals surface area contributed by atoms with Gasteiger partial charge in [0.15, 0.2) is 15.2 Å². The minimum absolute atomic E-state index is 0. The van der Waals surface area contributed by atoms with E-state index in [1.165, 1.54) is 0 Å². The number of hydrogen-bond acceptors (Lipinski definition) is 6. The summed E-state index contributed by atoms with van der Waals surface area (Å²) in [4.78, 5) is 25.7. The van der Waals surface area contributed by atoms with E-state index in [-0.39, 0.29) is 61.4 Å². The van der Waals surface area contributed by atoms with Gasteiger partial charge in [-0.3, -0.25) is 9.13 Å². The van der Waals surface area contributed by atoms with Gasteiger partial charge in [0.1, 0.15) is 11.5 Å². The third-order valence-corrected chi connectivity index (χ3v) is 10.8. The third kappa shape index (κ3) is 4.32. The number of hydrogen-bond donors (Lipinski definition) is 0. The van der Waals surface area contributed by atoms with Crippen LogP contribution in [0.3, 0.4) is 0 Å². The van der Waals surface area contributed by atoms with Gasteiger partial charge in [0.05, 0.1) is 0 Å². The molecule has 5 aromatic carbocycles. The number of rotatable bonds is 4. The molecule has 0 aliphatic heterocycles. The van der Waals surface area contributed by atoms with Crippen LogP contribution >= 0.6 is 15.2 Å². The van der Waals surface area contributed by atoms with E-state index in [1.54, 1.807) is 0 Å². The van der Waals surface area contributed by atoms with E-state index in [4.69, 9.17) is 9.05 Å². The largest absolute Gasteiger partial charge is 1.00 e. The van der Waals surface area contributed by atoms with Crippen LogP contribution < -0.4 is 56.6 Å². The summed E-state index contributed by atoms with van der Waals surface area (Å²) in [6.45, 7) is 2.22. The van der Waals surface area contributed by atoms with E-state index in [0.717, 1.165) is 92.2 Å². The summed E-state index contributed by atoms with van der Waals surface area (Å²) in [6.07, 6.45) is 1.45. The van der Waals surface area contributed by atoms with Gasteiger partial charge in [-0.25, -0.2) is 0 Å². The minimum atomic E-state index is -4.21. The minimum Gasteiger partial charge on any atom is -0.769 e. The maximum atomic E-state index is 12.8. The SMILES string of the molecule is CP(=O)([O-])Oc1c2c(c(OP(C)(=O)[O-])c3c1[C@@H]1C[C@H]3c3cc4ccccc4cc31)[C@H]1C[C@@H]2c2cc3ccccc3cc21.[Li+].[Li+]. The Bertz CT molecular complexity index is 1880. The van der Waals surface area contributed by atoms with Crippen LogP contribution in [0.25, 0.3) is 21.5 Å². The summed E-state index contributed by atoms with van der Waals surface area (Å²) in [5, 5.41) is 4.47. The van der Waals surface area contributed by atoms with Crippen LogP contribution in [0.2, 0.25) is 0 Å². The average Bonchev–Trinajstić information content (AvgIpc) is 3.69. The fourth-order valence-electron chi connectivity index (χ4n) is 8.52. The normalized spacial score (nSPS) is 23.9. The van der Waals surface area contributed by atoms with Crippen molar-refractivity contribution in [1.82, 2.24) is 0 Å². The molecule has 0 heterocycles. The summed E-state index contributed by atoms with van der Waals surface area (Å²) in [7, 11) is -8.41. The molecule has 0 aromatic heterocycles. The van der Waals surface area contributed by atoms with Gasteiger partial charge in [0, 0.05) is 59.3 Å². The van der Waals surface area contributed by atoms with Gasteiger partial charge in [-0.15, -0.1) is 0 Å². The summed E-state index contributed by atoms with van der Waals surface area (Å²) in [6, 6.07) is 25.2. The second kappa shape index (κ2) is 10.1. The Morgan fingerprint density at radius 3 is 1.02 bits per heavy atom. The molecule has 4 bridgehead atoms. The summed E-state index contributed by atoms with van der Waals surface area (Å²) >= 11 is 0. The van der Waals surface area contributed by atoms with Crippen molar-refractivity contribution < 1.29 is 65.7 Å². The van der Waals surface area contributed by atoms with Crippen molar-refractivity contribution in [3.05, 3.63) is 117 Å². The Morgan fingerprint density at radius 1 is 0.545 bits per heavy atom. The standard InChI is InChI=1S/C34H28O6P2.2Li/c1-41(35,36)39-33-29-25-15-27(23-13-19-9-5-3-7-17(19)11-21(23)25)31(29)34(40-42(2,37)38)32-28-16-26(30(32)33)22-12-18-8-4-6-10-20(18)14-24(22)28;;/h3-14,25-28H,15-16H2,1-2H3,(H,35,36)(H,37,38);;/q;2*+1/p-2/t25-,26-,27+,28+;;. The van der Waals surface area contributed by atoms with Gasteiger partial charge in [0.25, 0.3) is 0 Å². The number of benzene rings is 5. The summed E-state index contributed by atoms with van der Waals surface area (Å²) in [5.41, 5.74) is 7.70. The molecule has 6 nitrogen and oxygen atoms in total. The van der Waals surface area contributed by atoms with E-state index in [1.807, 2.05) is 24.3 Å². The fourth-order valence-corrected chi connectivity index (χ4v) is 9.58. The maximum Gasteiger partial charge on any atom is 1.00 e. The molecule has 0 amide bonds. The Labute approximate surface area is 279 Å². The van der Waals surface area contributed by atoms with E-state index in [0.29, 0.717) is 11.5 Å². The van der Waals surface area contributed by atoms with Gasteiger partial charge in [0.2, 0.25) is 0 Å². The maximum absolute atomic E-state index is 12.8. The molecule has 44 heavy (non-hydrogen) atoms. The molecular weight excluding hydrogens is 580 g/mol. The van der Waals surface area contributed by atoms with E-state index in [9.17, 15) is 18.9 Å². The Balaban J connectivity index is 0.00000156. The van der Waals surface area contributed by atoms with Gasteiger partial charge in [-0.05, 0) is 56.6 Å². The predicted molar refractivity (Wildman–Crippen MR) is 159 cm³/mol. The topological polar surface area (TPSA) is 98.7 Å². The summed E-state index contributed by atoms with van der Waals surface area (Å²) in [5.74, 6) is 0.327. The first-order valence-corrected chi connectivity index (χ1v) is 18.3. The fraction of sp³-hybridized carbons (Fsp3) is 0.235. The van der Waals surface area contributed by atoms with Gasteiger partial charge in [-0.1, -0.05) is 72.8 Å². The van der Waals surface area contributed by atoms with Crippen molar-refractivity contribution in [1.29, 1.82) is 0 Å². The van der Waals surface area contributed by atoms with Crippen molar-refractivity contribution in [2.24, 2.45) is 0 Å². The first-order valence-electron chi connectivity index (χ1n) is 14.3. The zero-order valence-electron chi connectivity index (χ0n) is 25.0. The van der Waals surface area contributed by atoms with Crippen LogP contribution in [-0.2, 0) is 9.13 Å². The molecule has 2 unspecified atom stereocenters. The van der Waals surface area contributed by atoms with Crippen molar-refractivity contribution in [2.45, 2.75) is 36.5 Å². The molecule has 9 rings (SSSR count). The molecule has 4 aliphatic carbocycles. The van der Waals surface area contributed by atoms with Crippen molar-refractivity contribution in [2.75, 3.05) is 13.3 Å². The van der Waals surface area contributed by atoms with Crippen LogP contribution in [0.1, 0.15) is 81.0 Å². The Kier molecular flexibility index (Phi) is 7.02. The zero-order chi connectivity index (χ0) is 28.7. The van der Waals surface area contributed by atoms with Crippen molar-refractivity contribution in [3.63, 3.8) is 0 Å². The second-order valence-corrected chi connectivity index (χ2v) is 15.8. The molecule has 0 radical (unpaired) electrons.